The van der Waals surface area contributed by atoms with Crippen LogP contribution in [0.3, 0.4) is 0 Å². The predicted molar refractivity (Wildman–Crippen MR) is 61.6 cm³/mol. The van der Waals surface area contributed by atoms with Crippen molar-refractivity contribution in [2.75, 3.05) is 19.5 Å². The van der Waals surface area contributed by atoms with Crippen LogP contribution in [0.5, 0.6) is 0 Å². The first-order valence-corrected chi connectivity index (χ1v) is 6.64. The molecule has 1 amide bonds. The third-order valence-electron chi connectivity index (χ3n) is 2.03. The molecule has 0 spiro atoms. The van der Waals surface area contributed by atoms with Crippen LogP contribution in [0.1, 0.15) is 20.8 Å². The summed E-state index contributed by atoms with van der Waals surface area (Å²) in [6.07, 6.45) is -1.00. The fourth-order valence-corrected chi connectivity index (χ4v) is 2.12. The highest BCUT2D eigenvalue weighted by atomic mass is 35.5. The second-order valence-corrected chi connectivity index (χ2v) is 5.71. The topological polar surface area (TPSA) is 75.7 Å². The van der Waals surface area contributed by atoms with Gasteiger partial charge in [0.2, 0.25) is 0 Å². The summed E-state index contributed by atoms with van der Waals surface area (Å²) >= 11 is 5.64. The highest BCUT2D eigenvalue weighted by molar-refractivity contribution is 7.87. The van der Waals surface area contributed by atoms with Crippen LogP contribution in [-0.2, 0) is 14.9 Å². The third-order valence-corrected chi connectivity index (χ3v) is 4.32. The molecule has 0 aliphatic carbocycles. The fraction of sp³-hybridized carbons (Fsp3) is 0.875. The Kier molecular flexibility index (Phi) is 5.51. The molecule has 0 aromatic rings. The Morgan fingerprint density at radius 1 is 1.50 bits per heavy atom. The number of ether oxygens (including phenoxy) is 1. The number of carbonyl (C=O) groups excluding carboxylic acids is 1. The number of carbonyl (C=O) groups is 1. The van der Waals surface area contributed by atoms with E-state index in [9.17, 15) is 13.2 Å². The van der Waals surface area contributed by atoms with Crippen LogP contribution in [0.15, 0.2) is 0 Å². The summed E-state index contributed by atoms with van der Waals surface area (Å²) in [5, 5.41) is 0. The number of halogens is 1. The smallest absolute Gasteiger partial charge is 0.421 e. The van der Waals surface area contributed by atoms with Crippen LogP contribution in [-0.4, -0.2) is 43.9 Å². The molecule has 0 aromatic carbocycles. The lowest BCUT2D eigenvalue weighted by Gasteiger charge is -2.32. The molecule has 0 unspecified atom stereocenters. The van der Waals surface area contributed by atoms with E-state index in [1.54, 1.807) is 25.5 Å². The van der Waals surface area contributed by atoms with E-state index in [1.807, 2.05) is 0 Å². The number of hydrogen-bond acceptors (Lipinski definition) is 4. The van der Waals surface area contributed by atoms with Gasteiger partial charge in [0, 0.05) is 18.5 Å². The van der Waals surface area contributed by atoms with Crippen molar-refractivity contribution in [1.29, 1.82) is 0 Å². The van der Waals surface area contributed by atoms with Crippen molar-refractivity contribution < 1.29 is 17.9 Å². The lowest BCUT2D eigenvalue weighted by molar-refractivity contribution is 0.157. The van der Waals surface area contributed by atoms with Gasteiger partial charge in [-0.1, -0.05) is 0 Å². The lowest BCUT2D eigenvalue weighted by Crippen LogP contribution is -2.52. The minimum Gasteiger partial charge on any atom is -0.449 e. The number of rotatable bonds is 5. The van der Waals surface area contributed by atoms with Gasteiger partial charge in [0.1, 0.15) is 0 Å². The molecular formula is C8H17ClN2O4S. The molecule has 8 heteroatoms. The molecule has 6 nitrogen and oxygen atoms in total. The fourth-order valence-electron chi connectivity index (χ4n) is 0.744. The molecule has 0 aliphatic heterocycles. The molecule has 0 rings (SSSR count). The van der Waals surface area contributed by atoms with Crippen molar-refractivity contribution in [3.63, 3.8) is 0 Å². The molecule has 0 fully saturated rings. The van der Waals surface area contributed by atoms with Crippen molar-refractivity contribution in [2.45, 2.75) is 26.3 Å². The van der Waals surface area contributed by atoms with Crippen LogP contribution >= 0.6 is 11.6 Å². The van der Waals surface area contributed by atoms with Crippen molar-refractivity contribution in [2.24, 2.45) is 0 Å². The molecule has 0 aliphatic rings. The van der Waals surface area contributed by atoms with Crippen LogP contribution in [0, 0.1) is 0 Å². The van der Waals surface area contributed by atoms with Crippen LogP contribution in [0.4, 0.5) is 4.79 Å². The van der Waals surface area contributed by atoms with Gasteiger partial charge in [-0.2, -0.15) is 12.7 Å². The number of alkyl halides is 1. The van der Waals surface area contributed by atoms with Crippen LogP contribution in [0.25, 0.3) is 0 Å². The Bertz CT molecular complexity index is 342. The molecule has 0 bridgehead atoms. The molecule has 0 atom stereocenters. The second kappa shape index (κ2) is 5.70. The van der Waals surface area contributed by atoms with Gasteiger partial charge in [-0.3, -0.25) is 0 Å². The summed E-state index contributed by atoms with van der Waals surface area (Å²) < 4.78 is 30.6. The first-order chi connectivity index (χ1) is 7.17. The van der Waals surface area contributed by atoms with E-state index in [-0.39, 0.29) is 12.5 Å². The monoisotopic (exact) mass is 272 g/mol. The zero-order valence-electron chi connectivity index (χ0n) is 9.78. The van der Waals surface area contributed by atoms with Gasteiger partial charge in [0.15, 0.2) is 0 Å². The molecular weight excluding hydrogens is 256 g/mol. The van der Waals surface area contributed by atoms with E-state index in [0.717, 1.165) is 4.31 Å². The van der Waals surface area contributed by atoms with E-state index < -0.39 is 21.8 Å². The summed E-state index contributed by atoms with van der Waals surface area (Å²) in [5.74, 6) is 0.104. The number of nitrogens with zero attached hydrogens (tertiary/aromatic N) is 1. The summed E-state index contributed by atoms with van der Waals surface area (Å²) in [6, 6.07) is 0. The first kappa shape index (κ1) is 15.5. The molecule has 0 saturated heterocycles. The summed E-state index contributed by atoms with van der Waals surface area (Å²) in [4.78, 5) is 11.0. The molecule has 16 heavy (non-hydrogen) atoms. The zero-order valence-corrected chi connectivity index (χ0v) is 11.4. The first-order valence-electron chi connectivity index (χ1n) is 4.67. The molecule has 0 aromatic heterocycles. The number of hydrogen-bond donors (Lipinski definition) is 1. The quantitative estimate of drug-likeness (QED) is 0.756. The zero-order chi connectivity index (χ0) is 13.0. The molecule has 0 radical (unpaired) electrons. The van der Waals surface area contributed by atoms with E-state index in [1.165, 1.54) is 7.05 Å². The summed E-state index contributed by atoms with van der Waals surface area (Å²) in [7, 11) is -2.59. The van der Waals surface area contributed by atoms with E-state index in [2.05, 4.69) is 4.74 Å². The maximum absolute atomic E-state index is 11.7. The average Bonchev–Trinajstić information content (AvgIpc) is 2.16. The van der Waals surface area contributed by atoms with Gasteiger partial charge in [0.25, 0.3) is 0 Å². The molecule has 0 heterocycles. The Labute approximate surface area is 101 Å². The van der Waals surface area contributed by atoms with Crippen molar-refractivity contribution in [3.8, 4) is 0 Å². The number of nitrogens with one attached hydrogen (secondary N) is 1. The summed E-state index contributed by atoms with van der Waals surface area (Å²) in [6.45, 7) is 4.97. The SMILES string of the molecule is CCOC(=O)NS(=O)(=O)N(C)C(C)(C)CCl. The minimum atomic E-state index is -3.93. The van der Waals surface area contributed by atoms with Crippen molar-refractivity contribution >= 4 is 27.9 Å². The van der Waals surface area contributed by atoms with E-state index in [4.69, 9.17) is 11.6 Å². The Balaban J connectivity index is 4.74. The van der Waals surface area contributed by atoms with Crippen molar-refractivity contribution in [1.82, 2.24) is 9.03 Å². The van der Waals surface area contributed by atoms with Gasteiger partial charge in [-0.25, -0.2) is 9.52 Å². The lowest BCUT2D eigenvalue weighted by atomic mass is 10.1. The van der Waals surface area contributed by atoms with Gasteiger partial charge < -0.3 is 4.74 Å². The highest BCUT2D eigenvalue weighted by Gasteiger charge is 2.33. The predicted octanol–water partition coefficient (Wildman–Crippen LogP) is 0.926. The maximum atomic E-state index is 11.7. The highest BCUT2D eigenvalue weighted by Crippen LogP contribution is 2.17. The minimum absolute atomic E-state index is 0.101. The van der Waals surface area contributed by atoms with Gasteiger partial charge in [-0.15, -0.1) is 11.6 Å². The maximum Gasteiger partial charge on any atom is 0.421 e. The van der Waals surface area contributed by atoms with E-state index in [0.29, 0.717) is 0 Å². The Hall–Kier alpha value is -0.530. The molecule has 96 valence electrons. The Morgan fingerprint density at radius 2 is 2.00 bits per heavy atom. The molecule has 1 N–H and O–H groups in total. The van der Waals surface area contributed by atoms with Gasteiger partial charge in [-0.05, 0) is 20.8 Å². The van der Waals surface area contributed by atoms with Crippen LogP contribution in [0.2, 0.25) is 0 Å². The molecule has 0 saturated carbocycles. The standard InChI is InChI=1S/C8H17ClN2O4S/c1-5-15-7(12)10-16(13,14)11(4)8(2,3)6-9/h5-6H2,1-4H3,(H,10,12). The number of amides is 1. The van der Waals surface area contributed by atoms with Crippen molar-refractivity contribution in [3.05, 3.63) is 0 Å². The van der Waals surface area contributed by atoms with Crippen LogP contribution < -0.4 is 4.72 Å². The third kappa shape index (κ3) is 4.15. The van der Waals surface area contributed by atoms with E-state index >= 15 is 0 Å². The Morgan fingerprint density at radius 3 is 2.38 bits per heavy atom. The second-order valence-electron chi connectivity index (χ2n) is 3.74. The largest absolute Gasteiger partial charge is 0.449 e. The average molecular weight is 273 g/mol. The van der Waals surface area contributed by atoms with Gasteiger partial charge >= 0.3 is 16.3 Å². The normalized spacial score (nSPS) is 12.6. The van der Waals surface area contributed by atoms with Gasteiger partial charge in [0.05, 0.1) is 6.61 Å². The summed E-state index contributed by atoms with van der Waals surface area (Å²) in [5.41, 5.74) is -0.792.